The van der Waals surface area contributed by atoms with E-state index >= 15 is 0 Å². The number of aryl methyl sites for hydroxylation is 1. The van der Waals surface area contributed by atoms with Crippen molar-refractivity contribution in [3.63, 3.8) is 0 Å². The Hall–Kier alpha value is -1.06. The van der Waals surface area contributed by atoms with Crippen LogP contribution >= 0.6 is 27.5 Å². The van der Waals surface area contributed by atoms with E-state index in [0.717, 1.165) is 15.8 Å². The van der Waals surface area contributed by atoms with E-state index in [0.29, 0.717) is 10.6 Å². The highest BCUT2D eigenvalue weighted by atomic mass is 79.9. The second-order valence-electron chi connectivity index (χ2n) is 3.93. The van der Waals surface area contributed by atoms with Gasteiger partial charge in [-0.1, -0.05) is 33.6 Å². The van der Waals surface area contributed by atoms with Crippen LogP contribution in [0.25, 0.3) is 0 Å². The van der Waals surface area contributed by atoms with E-state index in [1.165, 1.54) is 18.2 Å². The Morgan fingerprint density at radius 1 is 1.22 bits per heavy atom. The standard InChI is InChI=1S/C14H11BrClFO/c1-9-2-3-11(15)7-14(9)18-8-10-6-12(17)4-5-13(10)16/h2-7H,8H2,1H3. The molecule has 0 N–H and O–H groups in total. The van der Waals surface area contributed by atoms with Crippen LogP contribution in [0.3, 0.4) is 0 Å². The van der Waals surface area contributed by atoms with Crippen molar-refractivity contribution in [2.75, 3.05) is 0 Å². The number of ether oxygens (including phenoxy) is 1. The largest absolute Gasteiger partial charge is 0.489 e. The van der Waals surface area contributed by atoms with Crippen LogP contribution in [-0.2, 0) is 6.61 Å². The van der Waals surface area contributed by atoms with Crippen LogP contribution in [-0.4, -0.2) is 0 Å². The lowest BCUT2D eigenvalue weighted by Gasteiger charge is -2.10. The molecule has 0 aromatic heterocycles. The molecule has 0 aliphatic rings. The van der Waals surface area contributed by atoms with Crippen molar-refractivity contribution in [3.8, 4) is 5.75 Å². The molecule has 0 saturated heterocycles. The van der Waals surface area contributed by atoms with Crippen molar-refractivity contribution in [3.05, 3.63) is 62.8 Å². The molecule has 0 radical (unpaired) electrons. The predicted molar refractivity (Wildman–Crippen MR) is 74.6 cm³/mol. The first kappa shape index (κ1) is 13.4. The molecule has 0 saturated carbocycles. The molecule has 0 aliphatic heterocycles. The van der Waals surface area contributed by atoms with E-state index in [4.69, 9.17) is 16.3 Å². The average Bonchev–Trinajstić information content (AvgIpc) is 2.34. The van der Waals surface area contributed by atoms with Crippen LogP contribution in [0.4, 0.5) is 4.39 Å². The first-order chi connectivity index (χ1) is 8.56. The Balaban J connectivity index is 2.16. The van der Waals surface area contributed by atoms with E-state index in [2.05, 4.69) is 15.9 Å². The molecule has 4 heteroatoms. The highest BCUT2D eigenvalue weighted by Gasteiger charge is 2.05. The first-order valence-corrected chi connectivity index (χ1v) is 6.56. The molecular formula is C14H11BrClFO. The molecule has 18 heavy (non-hydrogen) atoms. The average molecular weight is 330 g/mol. The minimum atomic E-state index is -0.316. The summed E-state index contributed by atoms with van der Waals surface area (Å²) in [5.41, 5.74) is 1.65. The Bertz CT molecular complexity index is 520. The highest BCUT2D eigenvalue weighted by Crippen LogP contribution is 2.25. The zero-order valence-corrected chi connectivity index (χ0v) is 12.1. The second kappa shape index (κ2) is 5.72. The third-order valence-corrected chi connectivity index (χ3v) is 3.40. The van der Waals surface area contributed by atoms with Crippen LogP contribution in [0.1, 0.15) is 11.1 Å². The van der Waals surface area contributed by atoms with Gasteiger partial charge in [-0.15, -0.1) is 0 Å². The Morgan fingerprint density at radius 2 is 2.00 bits per heavy atom. The maximum absolute atomic E-state index is 13.1. The van der Waals surface area contributed by atoms with Gasteiger partial charge in [-0.2, -0.15) is 0 Å². The Labute approximate surface area is 119 Å². The summed E-state index contributed by atoms with van der Waals surface area (Å²) in [5, 5.41) is 0.504. The number of hydrogen-bond acceptors (Lipinski definition) is 1. The van der Waals surface area contributed by atoms with Gasteiger partial charge in [0.2, 0.25) is 0 Å². The summed E-state index contributed by atoms with van der Waals surface area (Å²) in [5.74, 6) is 0.439. The summed E-state index contributed by atoms with van der Waals surface area (Å²) in [4.78, 5) is 0. The Morgan fingerprint density at radius 3 is 2.78 bits per heavy atom. The van der Waals surface area contributed by atoms with Gasteiger partial charge in [-0.3, -0.25) is 0 Å². The molecule has 2 aromatic carbocycles. The van der Waals surface area contributed by atoms with E-state index in [-0.39, 0.29) is 12.4 Å². The third-order valence-electron chi connectivity index (χ3n) is 2.54. The van der Waals surface area contributed by atoms with Gasteiger partial charge in [0.1, 0.15) is 18.2 Å². The van der Waals surface area contributed by atoms with Crippen LogP contribution in [0, 0.1) is 12.7 Å². The summed E-state index contributed by atoms with van der Waals surface area (Å²) in [6.07, 6.45) is 0. The summed E-state index contributed by atoms with van der Waals surface area (Å²) < 4.78 is 19.7. The van der Waals surface area contributed by atoms with E-state index in [1.807, 2.05) is 25.1 Å². The highest BCUT2D eigenvalue weighted by molar-refractivity contribution is 9.10. The molecule has 0 bridgehead atoms. The fraction of sp³-hybridized carbons (Fsp3) is 0.143. The summed E-state index contributed by atoms with van der Waals surface area (Å²) in [6.45, 7) is 2.20. The second-order valence-corrected chi connectivity index (χ2v) is 5.26. The topological polar surface area (TPSA) is 9.23 Å². The van der Waals surface area contributed by atoms with Gasteiger partial charge >= 0.3 is 0 Å². The normalized spacial score (nSPS) is 10.4. The number of benzene rings is 2. The summed E-state index contributed by atoms with van der Waals surface area (Å²) in [7, 11) is 0. The van der Waals surface area contributed by atoms with Gasteiger partial charge in [0, 0.05) is 15.1 Å². The van der Waals surface area contributed by atoms with Gasteiger partial charge < -0.3 is 4.74 Å². The molecule has 0 unspecified atom stereocenters. The van der Waals surface area contributed by atoms with Gasteiger partial charge in [0.15, 0.2) is 0 Å². The number of halogens is 3. The smallest absolute Gasteiger partial charge is 0.123 e. The lowest BCUT2D eigenvalue weighted by atomic mass is 10.2. The quantitative estimate of drug-likeness (QED) is 0.758. The molecular weight excluding hydrogens is 319 g/mol. The van der Waals surface area contributed by atoms with Crippen molar-refractivity contribution in [2.24, 2.45) is 0 Å². The lowest BCUT2D eigenvalue weighted by molar-refractivity contribution is 0.303. The molecule has 0 fully saturated rings. The molecule has 0 spiro atoms. The van der Waals surface area contributed by atoms with Crippen molar-refractivity contribution in [1.82, 2.24) is 0 Å². The summed E-state index contributed by atoms with van der Waals surface area (Å²) >= 11 is 9.36. The molecule has 0 aliphatic carbocycles. The molecule has 2 aromatic rings. The zero-order valence-electron chi connectivity index (χ0n) is 9.71. The van der Waals surface area contributed by atoms with Crippen LogP contribution in [0.2, 0.25) is 5.02 Å². The zero-order chi connectivity index (χ0) is 13.1. The monoisotopic (exact) mass is 328 g/mol. The molecule has 0 amide bonds. The van der Waals surface area contributed by atoms with Crippen molar-refractivity contribution in [2.45, 2.75) is 13.5 Å². The SMILES string of the molecule is Cc1ccc(Br)cc1OCc1cc(F)ccc1Cl. The van der Waals surface area contributed by atoms with E-state index in [1.54, 1.807) is 0 Å². The Kier molecular flexibility index (Phi) is 4.25. The van der Waals surface area contributed by atoms with Gasteiger partial charge in [0.05, 0.1) is 0 Å². The van der Waals surface area contributed by atoms with Crippen molar-refractivity contribution >= 4 is 27.5 Å². The number of hydrogen-bond donors (Lipinski definition) is 0. The van der Waals surface area contributed by atoms with E-state index in [9.17, 15) is 4.39 Å². The maximum Gasteiger partial charge on any atom is 0.123 e. The predicted octanol–water partition coefficient (Wildman–Crippen LogP) is 5.13. The number of rotatable bonds is 3. The minimum Gasteiger partial charge on any atom is -0.489 e. The lowest BCUT2D eigenvalue weighted by Crippen LogP contribution is -1.98. The van der Waals surface area contributed by atoms with E-state index < -0.39 is 0 Å². The molecule has 94 valence electrons. The molecule has 0 heterocycles. The van der Waals surface area contributed by atoms with Crippen LogP contribution < -0.4 is 4.74 Å². The third kappa shape index (κ3) is 3.24. The molecule has 0 atom stereocenters. The van der Waals surface area contributed by atoms with Crippen molar-refractivity contribution < 1.29 is 9.13 Å². The van der Waals surface area contributed by atoms with Gasteiger partial charge in [0.25, 0.3) is 0 Å². The maximum atomic E-state index is 13.1. The summed E-state index contributed by atoms with van der Waals surface area (Å²) in [6, 6.07) is 10.0. The first-order valence-electron chi connectivity index (χ1n) is 5.39. The fourth-order valence-corrected chi connectivity index (χ4v) is 2.05. The van der Waals surface area contributed by atoms with Gasteiger partial charge in [-0.05, 0) is 42.8 Å². The van der Waals surface area contributed by atoms with Crippen LogP contribution in [0.5, 0.6) is 5.75 Å². The molecule has 2 rings (SSSR count). The van der Waals surface area contributed by atoms with Crippen LogP contribution in [0.15, 0.2) is 40.9 Å². The van der Waals surface area contributed by atoms with Gasteiger partial charge in [-0.25, -0.2) is 4.39 Å². The molecule has 1 nitrogen and oxygen atoms in total. The fourth-order valence-electron chi connectivity index (χ4n) is 1.54. The minimum absolute atomic E-state index is 0.244. The van der Waals surface area contributed by atoms with Crippen molar-refractivity contribution in [1.29, 1.82) is 0 Å².